The minimum Gasteiger partial charge on any atom is -0.481 e. The van der Waals surface area contributed by atoms with Gasteiger partial charge in [-0.05, 0) is 99.2 Å². The van der Waals surface area contributed by atoms with Crippen LogP contribution in [0.1, 0.15) is 72.6 Å². The van der Waals surface area contributed by atoms with Crippen LogP contribution in [0.3, 0.4) is 0 Å². The van der Waals surface area contributed by atoms with Crippen LogP contribution in [0.15, 0.2) is 0 Å². The molecule has 2 N–H and O–H groups in total. The third-order valence-corrected chi connectivity index (χ3v) is 11.0. The molecule has 0 bridgehead atoms. The predicted molar refractivity (Wildman–Crippen MR) is 175 cm³/mol. The van der Waals surface area contributed by atoms with Crippen LogP contribution < -0.4 is 0 Å². The Bertz CT molecular complexity index is 794. The molecule has 1 aliphatic rings. The van der Waals surface area contributed by atoms with Crippen LogP contribution in [0.2, 0.25) is 6.04 Å². The minimum absolute atomic E-state index is 0.0700. The molecule has 264 valence electrons. The van der Waals surface area contributed by atoms with Crippen molar-refractivity contribution in [3.63, 3.8) is 0 Å². The average molecular weight is 663 g/mol. The second-order valence-electron chi connectivity index (χ2n) is 11.4. The largest absolute Gasteiger partial charge is 0.500 e. The summed E-state index contributed by atoms with van der Waals surface area (Å²) >= 11 is 0. The van der Waals surface area contributed by atoms with Crippen LogP contribution >= 0.6 is 0 Å². The van der Waals surface area contributed by atoms with Gasteiger partial charge in [0.25, 0.3) is 0 Å². The molecule has 0 aromatic carbocycles. The summed E-state index contributed by atoms with van der Waals surface area (Å²) in [6, 6.07) is 0.752. The summed E-state index contributed by atoms with van der Waals surface area (Å²) < 4.78 is 23.4. The molecular formula is C31H62N4O9Si. The molecule has 14 heteroatoms. The van der Waals surface area contributed by atoms with Crippen LogP contribution in [-0.2, 0) is 32.4 Å². The zero-order chi connectivity index (χ0) is 33.3. The Kier molecular flexibility index (Phi) is 23.4. The Hall–Kier alpha value is -1.65. The number of carbonyl (C=O) groups is 3. The molecule has 0 radical (unpaired) electrons. The third-order valence-electron chi connectivity index (χ3n) is 7.85. The van der Waals surface area contributed by atoms with Gasteiger partial charge in [0.05, 0.1) is 25.9 Å². The lowest BCUT2D eigenvalue weighted by Crippen LogP contribution is -2.46. The van der Waals surface area contributed by atoms with E-state index in [1.54, 1.807) is 0 Å². The Morgan fingerprint density at radius 2 is 0.933 bits per heavy atom. The molecule has 13 nitrogen and oxygen atoms in total. The summed E-state index contributed by atoms with van der Waals surface area (Å²) in [5.41, 5.74) is 0. The van der Waals surface area contributed by atoms with Crippen molar-refractivity contribution >= 4 is 26.7 Å². The molecular weight excluding hydrogens is 600 g/mol. The van der Waals surface area contributed by atoms with Crippen molar-refractivity contribution in [1.29, 1.82) is 0 Å². The normalized spacial score (nSPS) is 17.9. The second-order valence-corrected chi connectivity index (χ2v) is 14.1. The molecule has 0 aliphatic carbocycles. The van der Waals surface area contributed by atoms with Crippen molar-refractivity contribution in [2.45, 2.75) is 78.7 Å². The van der Waals surface area contributed by atoms with Crippen LogP contribution in [0.25, 0.3) is 0 Å². The van der Waals surface area contributed by atoms with Gasteiger partial charge in [-0.15, -0.1) is 0 Å². The maximum atomic E-state index is 12.1. The highest BCUT2D eigenvalue weighted by atomic mass is 28.4. The molecule has 1 fully saturated rings. The molecule has 1 aliphatic heterocycles. The molecule has 0 amide bonds. The number of carbonyl (C=O) groups excluding carboxylic acids is 1. The highest BCUT2D eigenvalue weighted by Gasteiger charge is 2.39. The first-order valence-electron chi connectivity index (χ1n) is 17.1. The van der Waals surface area contributed by atoms with Crippen LogP contribution in [-0.4, -0.2) is 161 Å². The number of esters is 1. The van der Waals surface area contributed by atoms with Gasteiger partial charge in [0.2, 0.25) is 0 Å². The summed E-state index contributed by atoms with van der Waals surface area (Å²) in [7, 11) is -2.73. The van der Waals surface area contributed by atoms with Crippen LogP contribution in [0, 0.1) is 0 Å². The first-order chi connectivity index (χ1) is 21.7. The number of hydrogen-bond acceptors (Lipinski definition) is 11. The monoisotopic (exact) mass is 662 g/mol. The summed E-state index contributed by atoms with van der Waals surface area (Å²) in [5, 5.41) is 18.6. The minimum atomic E-state index is -2.73. The van der Waals surface area contributed by atoms with E-state index in [1.165, 1.54) is 0 Å². The van der Waals surface area contributed by atoms with E-state index < -0.39 is 20.7 Å². The van der Waals surface area contributed by atoms with E-state index in [0.29, 0.717) is 59.0 Å². The Morgan fingerprint density at radius 1 is 0.556 bits per heavy atom. The van der Waals surface area contributed by atoms with E-state index in [4.69, 9.17) is 18.0 Å². The second kappa shape index (κ2) is 25.4. The molecule has 0 aromatic rings. The van der Waals surface area contributed by atoms with E-state index in [1.807, 2.05) is 27.7 Å². The van der Waals surface area contributed by atoms with E-state index in [0.717, 1.165) is 84.1 Å². The average Bonchev–Trinajstić information content (AvgIpc) is 2.99. The third kappa shape index (κ3) is 20.2. The zero-order valence-electron chi connectivity index (χ0n) is 28.5. The summed E-state index contributed by atoms with van der Waals surface area (Å²) in [6.45, 7) is 18.5. The van der Waals surface area contributed by atoms with E-state index in [9.17, 15) is 24.6 Å². The van der Waals surface area contributed by atoms with Gasteiger partial charge in [-0.1, -0.05) is 0 Å². The fourth-order valence-electron chi connectivity index (χ4n) is 5.69. The number of ether oxygens (including phenoxy) is 1. The molecule has 1 saturated heterocycles. The smallest absolute Gasteiger partial charge is 0.481 e. The van der Waals surface area contributed by atoms with Crippen LogP contribution in [0.4, 0.5) is 0 Å². The van der Waals surface area contributed by atoms with E-state index >= 15 is 0 Å². The Morgan fingerprint density at radius 3 is 1.31 bits per heavy atom. The van der Waals surface area contributed by atoms with Crippen molar-refractivity contribution in [2.24, 2.45) is 0 Å². The quantitative estimate of drug-likeness (QED) is 0.146. The summed E-state index contributed by atoms with van der Waals surface area (Å²) in [5.74, 6) is -1.83. The van der Waals surface area contributed by atoms with Crippen LogP contribution in [0.5, 0.6) is 0 Å². The highest BCUT2D eigenvalue weighted by molar-refractivity contribution is 6.60. The van der Waals surface area contributed by atoms with E-state index in [-0.39, 0.29) is 18.8 Å². The van der Waals surface area contributed by atoms with Crippen molar-refractivity contribution in [3.8, 4) is 0 Å². The van der Waals surface area contributed by atoms with Crippen molar-refractivity contribution < 1.29 is 42.6 Å². The number of carboxylic acid groups (broad SMARTS) is 2. The molecule has 0 spiro atoms. The molecule has 1 heterocycles. The fraction of sp³-hybridized carbons (Fsp3) is 0.903. The highest BCUT2D eigenvalue weighted by Crippen LogP contribution is 2.19. The van der Waals surface area contributed by atoms with Gasteiger partial charge in [-0.3, -0.25) is 14.4 Å². The predicted octanol–water partition coefficient (Wildman–Crippen LogP) is 2.72. The van der Waals surface area contributed by atoms with E-state index in [2.05, 4.69) is 19.6 Å². The van der Waals surface area contributed by atoms with Crippen molar-refractivity contribution in [2.75, 3.05) is 105 Å². The molecule has 45 heavy (non-hydrogen) atoms. The molecule has 0 saturated carbocycles. The first-order valence-corrected chi connectivity index (χ1v) is 19.0. The van der Waals surface area contributed by atoms with Gasteiger partial charge in [0.15, 0.2) is 0 Å². The number of carboxylic acids is 2. The fourth-order valence-corrected chi connectivity index (χ4v) is 8.28. The van der Waals surface area contributed by atoms with Gasteiger partial charge in [-0.25, -0.2) is 0 Å². The SMILES string of the molecule is CCOC(=O)CCN1CCCN(CCC[Si](OCC)(OCC)OCC)CCCN(CCC(=O)O)CCCN(CCC(=O)O)CC1. The van der Waals surface area contributed by atoms with Crippen molar-refractivity contribution in [1.82, 2.24) is 19.6 Å². The van der Waals surface area contributed by atoms with Gasteiger partial charge in [0, 0.05) is 58.6 Å². The molecule has 0 unspecified atom stereocenters. The lowest BCUT2D eigenvalue weighted by Gasteiger charge is -2.30. The first kappa shape index (κ1) is 41.4. The lowest BCUT2D eigenvalue weighted by atomic mass is 10.2. The maximum absolute atomic E-state index is 12.1. The topological polar surface area (TPSA) is 142 Å². The molecule has 0 aromatic heterocycles. The zero-order valence-corrected chi connectivity index (χ0v) is 29.5. The number of hydrogen-bond donors (Lipinski definition) is 2. The lowest BCUT2D eigenvalue weighted by molar-refractivity contribution is -0.143. The number of aliphatic carboxylic acids is 2. The maximum Gasteiger partial charge on any atom is 0.500 e. The van der Waals surface area contributed by atoms with Gasteiger partial charge < -0.3 is 47.8 Å². The molecule has 0 atom stereocenters. The van der Waals surface area contributed by atoms with Gasteiger partial charge in [-0.2, -0.15) is 0 Å². The Labute approximate surface area is 272 Å². The summed E-state index contributed by atoms with van der Waals surface area (Å²) in [4.78, 5) is 44.0. The standard InChI is InChI=1S/C31H62N4O9Si/c1-5-41-31(40)15-25-35-21-10-17-32(22-12-28-45(42-6-2,43-7-3)44-8-4)16-9-18-33(23-13-29(36)37)19-11-20-34(26-27-35)24-14-30(38)39/h5-28H2,1-4H3,(H,36,37)(H,38,39). The van der Waals surface area contributed by atoms with Gasteiger partial charge >= 0.3 is 26.7 Å². The number of rotatable bonds is 20. The Balaban J connectivity index is 3.03. The number of nitrogens with zero attached hydrogens (tertiary/aromatic N) is 4. The molecule has 1 rings (SSSR count). The summed E-state index contributed by atoms with van der Waals surface area (Å²) in [6.07, 6.45) is 4.04. The van der Waals surface area contributed by atoms with Crippen molar-refractivity contribution in [3.05, 3.63) is 0 Å². The van der Waals surface area contributed by atoms with Gasteiger partial charge in [0.1, 0.15) is 0 Å².